The molecule has 9 heteroatoms. The molecule has 144 valence electrons. The van der Waals surface area contributed by atoms with Gasteiger partial charge in [0.25, 0.3) is 0 Å². The van der Waals surface area contributed by atoms with Crippen molar-refractivity contribution in [1.82, 2.24) is 14.2 Å². The van der Waals surface area contributed by atoms with Crippen molar-refractivity contribution in [2.24, 2.45) is 0 Å². The summed E-state index contributed by atoms with van der Waals surface area (Å²) in [6, 6.07) is 9.15. The summed E-state index contributed by atoms with van der Waals surface area (Å²) in [5.41, 5.74) is 1.05. The lowest BCUT2D eigenvalue weighted by Crippen LogP contribution is -2.51. The highest BCUT2D eigenvalue weighted by Gasteiger charge is 2.31. The van der Waals surface area contributed by atoms with Crippen molar-refractivity contribution in [3.8, 4) is 0 Å². The summed E-state index contributed by atoms with van der Waals surface area (Å²) in [5.74, 6) is 0.241. The van der Waals surface area contributed by atoms with Crippen LogP contribution in [-0.2, 0) is 20.6 Å². The standard InChI is InChI=1S/C18H20FN3O3S2/c19-16-5-1-2-6-17(16)27(24,25)22-10-8-21(9-11-22)18(23)14-26-13-15-4-3-7-20-12-15/h1-7,12H,8-11,13-14H2. The number of carbonyl (C=O) groups excluding carboxylic acids is 1. The lowest BCUT2D eigenvalue weighted by Gasteiger charge is -2.34. The van der Waals surface area contributed by atoms with E-state index in [1.54, 1.807) is 17.3 Å². The number of sulfonamides is 1. The Bertz CT molecular complexity index is 886. The van der Waals surface area contributed by atoms with E-state index in [1.165, 1.54) is 34.3 Å². The number of thioether (sulfide) groups is 1. The minimum atomic E-state index is -3.89. The molecule has 1 amide bonds. The monoisotopic (exact) mass is 409 g/mol. The molecule has 0 aliphatic carbocycles. The van der Waals surface area contributed by atoms with Gasteiger partial charge in [-0.2, -0.15) is 4.31 Å². The molecule has 0 N–H and O–H groups in total. The zero-order chi connectivity index (χ0) is 19.3. The number of pyridine rings is 1. The predicted molar refractivity (Wildman–Crippen MR) is 102 cm³/mol. The lowest BCUT2D eigenvalue weighted by molar-refractivity contribution is -0.129. The zero-order valence-electron chi connectivity index (χ0n) is 14.6. The maximum atomic E-state index is 13.8. The number of hydrogen-bond donors (Lipinski definition) is 0. The molecule has 1 saturated heterocycles. The smallest absolute Gasteiger partial charge is 0.246 e. The van der Waals surface area contributed by atoms with Gasteiger partial charge < -0.3 is 4.90 Å². The fourth-order valence-corrected chi connectivity index (χ4v) is 5.15. The van der Waals surface area contributed by atoms with Crippen molar-refractivity contribution in [2.75, 3.05) is 31.9 Å². The molecular weight excluding hydrogens is 389 g/mol. The van der Waals surface area contributed by atoms with Gasteiger partial charge in [-0.25, -0.2) is 12.8 Å². The normalized spacial score (nSPS) is 15.7. The van der Waals surface area contributed by atoms with Crippen molar-refractivity contribution < 1.29 is 17.6 Å². The average molecular weight is 410 g/mol. The van der Waals surface area contributed by atoms with Crippen LogP contribution in [0.25, 0.3) is 0 Å². The molecular formula is C18H20FN3O3S2. The average Bonchev–Trinajstić information content (AvgIpc) is 2.69. The van der Waals surface area contributed by atoms with E-state index >= 15 is 0 Å². The lowest BCUT2D eigenvalue weighted by atomic mass is 10.3. The molecule has 2 heterocycles. The number of carbonyl (C=O) groups is 1. The summed E-state index contributed by atoms with van der Waals surface area (Å²) in [7, 11) is -3.89. The molecule has 0 bridgehead atoms. The molecule has 0 spiro atoms. The van der Waals surface area contributed by atoms with Gasteiger partial charge in [-0.05, 0) is 23.8 Å². The first-order valence-corrected chi connectivity index (χ1v) is 11.1. The number of benzene rings is 1. The van der Waals surface area contributed by atoms with Gasteiger partial charge in [0.15, 0.2) is 0 Å². The first-order valence-electron chi connectivity index (χ1n) is 8.47. The van der Waals surface area contributed by atoms with Gasteiger partial charge in [-0.3, -0.25) is 9.78 Å². The van der Waals surface area contributed by atoms with Crippen LogP contribution in [0.1, 0.15) is 5.56 Å². The van der Waals surface area contributed by atoms with Crippen LogP contribution in [0.2, 0.25) is 0 Å². The molecule has 2 aromatic rings. The van der Waals surface area contributed by atoms with Crippen LogP contribution >= 0.6 is 11.8 Å². The van der Waals surface area contributed by atoms with Gasteiger partial charge in [0.05, 0.1) is 5.75 Å². The Labute approximate surface area is 162 Å². The summed E-state index contributed by atoms with van der Waals surface area (Å²) in [5, 5.41) is 0. The summed E-state index contributed by atoms with van der Waals surface area (Å²) in [6.45, 7) is 0.936. The fourth-order valence-electron chi connectivity index (χ4n) is 2.80. The van der Waals surface area contributed by atoms with Gasteiger partial charge >= 0.3 is 0 Å². The Morgan fingerprint density at radius 2 is 1.85 bits per heavy atom. The summed E-state index contributed by atoms with van der Waals surface area (Å²) in [6.07, 6.45) is 3.47. The van der Waals surface area contributed by atoms with Crippen LogP contribution in [0.4, 0.5) is 4.39 Å². The minimum absolute atomic E-state index is 0.0215. The third-order valence-electron chi connectivity index (χ3n) is 4.26. The van der Waals surface area contributed by atoms with E-state index in [0.29, 0.717) is 24.6 Å². The fraction of sp³-hybridized carbons (Fsp3) is 0.333. The minimum Gasteiger partial charge on any atom is -0.339 e. The van der Waals surface area contributed by atoms with Crippen molar-refractivity contribution in [1.29, 1.82) is 0 Å². The second-order valence-electron chi connectivity index (χ2n) is 6.07. The van der Waals surface area contributed by atoms with E-state index in [9.17, 15) is 17.6 Å². The highest BCUT2D eigenvalue weighted by molar-refractivity contribution is 7.99. The Balaban J connectivity index is 1.51. The van der Waals surface area contributed by atoms with Gasteiger partial charge in [0, 0.05) is 44.3 Å². The molecule has 0 atom stereocenters. The number of nitrogens with zero attached hydrogens (tertiary/aromatic N) is 3. The molecule has 1 fully saturated rings. The van der Waals surface area contributed by atoms with Crippen LogP contribution in [0.15, 0.2) is 53.7 Å². The van der Waals surface area contributed by atoms with E-state index < -0.39 is 15.8 Å². The molecule has 0 saturated carbocycles. The highest BCUT2D eigenvalue weighted by atomic mass is 32.2. The van der Waals surface area contributed by atoms with E-state index in [4.69, 9.17) is 0 Å². The van der Waals surface area contributed by atoms with Gasteiger partial charge in [0.1, 0.15) is 10.7 Å². The summed E-state index contributed by atoms with van der Waals surface area (Å²) >= 11 is 1.50. The number of hydrogen-bond acceptors (Lipinski definition) is 5. The van der Waals surface area contributed by atoms with Crippen molar-refractivity contribution in [3.63, 3.8) is 0 Å². The molecule has 1 aliphatic rings. The molecule has 1 aromatic carbocycles. The van der Waals surface area contributed by atoms with Gasteiger partial charge in [-0.15, -0.1) is 11.8 Å². The highest BCUT2D eigenvalue weighted by Crippen LogP contribution is 2.21. The van der Waals surface area contributed by atoms with Crippen molar-refractivity contribution in [3.05, 3.63) is 60.2 Å². The predicted octanol–water partition coefficient (Wildman–Crippen LogP) is 1.99. The molecule has 0 unspecified atom stereocenters. The third-order valence-corrected chi connectivity index (χ3v) is 7.18. The molecule has 3 rings (SSSR count). The van der Waals surface area contributed by atoms with Crippen molar-refractivity contribution in [2.45, 2.75) is 10.6 Å². The topological polar surface area (TPSA) is 70.6 Å². The maximum absolute atomic E-state index is 13.8. The first kappa shape index (κ1) is 19.8. The van der Waals surface area contributed by atoms with Crippen LogP contribution in [0, 0.1) is 5.82 Å². The van der Waals surface area contributed by atoms with E-state index in [0.717, 1.165) is 11.6 Å². The van der Waals surface area contributed by atoms with Crippen LogP contribution in [0.5, 0.6) is 0 Å². The Morgan fingerprint density at radius 1 is 1.11 bits per heavy atom. The second kappa shape index (κ2) is 8.81. The van der Waals surface area contributed by atoms with Crippen LogP contribution < -0.4 is 0 Å². The quantitative estimate of drug-likeness (QED) is 0.730. The van der Waals surface area contributed by atoms with Gasteiger partial charge in [-0.1, -0.05) is 18.2 Å². The number of halogens is 1. The van der Waals surface area contributed by atoms with Crippen molar-refractivity contribution >= 4 is 27.7 Å². The molecule has 0 radical (unpaired) electrons. The molecule has 1 aromatic heterocycles. The first-order chi connectivity index (χ1) is 13.0. The largest absolute Gasteiger partial charge is 0.339 e. The molecule has 6 nitrogen and oxygen atoms in total. The van der Waals surface area contributed by atoms with Gasteiger partial charge in [0.2, 0.25) is 15.9 Å². The van der Waals surface area contributed by atoms with E-state index in [1.807, 2.05) is 12.1 Å². The number of rotatable bonds is 6. The number of piperazine rings is 1. The molecule has 27 heavy (non-hydrogen) atoms. The summed E-state index contributed by atoms with van der Waals surface area (Å²) < 4.78 is 40.3. The zero-order valence-corrected chi connectivity index (χ0v) is 16.3. The second-order valence-corrected chi connectivity index (χ2v) is 8.96. The van der Waals surface area contributed by atoms with E-state index in [2.05, 4.69) is 4.98 Å². The van der Waals surface area contributed by atoms with Crippen LogP contribution in [0.3, 0.4) is 0 Å². The SMILES string of the molecule is O=C(CSCc1cccnc1)N1CCN(S(=O)(=O)c2ccccc2F)CC1. The number of amides is 1. The Kier molecular flexibility index (Phi) is 6.46. The maximum Gasteiger partial charge on any atom is 0.246 e. The third kappa shape index (κ3) is 4.85. The Morgan fingerprint density at radius 3 is 2.52 bits per heavy atom. The number of aromatic nitrogens is 1. The van der Waals surface area contributed by atoms with Crippen LogP contribution in [-0.4, -0.2) is 60.4 Å². The Hall–Kier alpha value is -1.97. The van der Waals surface area contributed by atoms with E-state index in [-0.39, 0.29) is 23.9 Å². The molecule has 1 aliphatic heterocycles. The summed E-state index contributed by atoms with van der Waals surface area (Å²) in [4.78, 5) is 17.7.